The molecule has 166 valence electrons. The average Bonchev–Trinajstić information content (AvgIpc) is 3.05. The zero-order valence-electron chi connectivity index (χ0n) is 16.7. The number of ether oxygens (including phenoxy) is 4. The number of hydrogen-bond acceptors (Lipinski definition) is 9. The molecule has 30 heavy (non-hydrogen) atoms. The van der Waals surface area contributed by atoms with Crippen LogP contribution in [0.25, 0.3) is 5.70 Å². The van der Waals surface area contributed by atoms with Crippen molar-refractivity contribution in [3.05, 3.63) is 29.6 Å². The molecule has 10 heteroatoms. The Bertz CT molecular complexity index is 837. The third kappa shape index (κ3) is 3.43. The lowest BCUT2D eigenvalue weighted by Gasteiger charge is -2.44. The third-order valence-corrected chi connectivity index (χ3v) is 5.76. The van der Waals surface area contributed by atoms with E-state index in [2.05, 4.69) is 5.32 Å². The molecule has 0 aromatic heterocycles. The van der Waals surface area contributed by atoms with Crippen LogP contribution in [0.2, 0.25) is 0 Å². The van der Waals surface area contributed by atoms with Crippen molar-refractivity contribution < 1.29 is 43.8 Å². The van der Waals surface area contributed by atoms with Gasteiger partial charge in [-0.3, -0.25) is 0 Å². The minimum absolute atomic E-state index is 0.0172. The highest BCUT2D eigenvalue weighted by molar-refractivity contribution is 5.73. The fourth-order valence-corrected chi connectivity index (χ4v) is 3.58. The molecule has 1 aromatic rings. The van der Waals surface area contributed by atoms with Crippen molar-refractivity contribution in [3.8, 4) is 11.5 Å². The molecule has 1 saturated heterocycles. The van der Waals surface area contributed by atoms with Gasteiger partial charge in [0.05, 0.1) is 25.2 Å². The lowest BCUT2D eigenvalue weighted by Crippen LogP contribution is -2.51. The first kappa shape index (κ1) is 21.3. The van der Waals surface area contributed by atoms with E-state index in [-0.39, 0.29) is 17.8 Å². The van der Waals surface area contributed by atoms with Crippen LogP contribution in [0.1, 0.15) is 18.9 Å². The van der Waals surface area contributed by atoms with E-state index in [1.54, 1.807) is 13.2 Å². The summed E-state index contributed by atoms with van der Waals surface area (Å²) >= 11 is 0. The fraction of sp³-hybridized carbons (Fsp3) is 0.600. The number of aliphatic hydroxyl groups is 4. The van der Waals surface area contributed by atoms with E-state index in [1.165, 1.54) is 12.1 Å². The smallest absolute Gasteiger partial charge is 0.247 e. The molecule has 0 radical (unpaired) electrons. The Morgan fingerprint density at radius 1 is 1.17 bits per heavy atom. The lowest BCUT2D eigenvalue weighted by atomic mass is 9.80. The van der Waals surface area contributed by atoms with Gasteiger partial charge in [0, 0.05) is 37.5 Å². The van der Waals surface area contributed by atoms with Gasteiger partial charge in [-0.25, -0.2) is 4.39 Å². The average molecular weight is 427 g/mol. The predicted octanol–water partition coefficient (Wildman–Crippen LogP) is -0.287. The zero-order chi connectivity index (χ0) is 21.7. The quantitative estimate of drug-likeness (QED) is 0.281. The number of rotatable bonds is 8. The summed E-state index contributed by atoms with van der Waals surface area (Å²) in [6.07, 6.45) is 1.78. The normalized spacial score (nSPS) is 25.4. The van der Waals surface area contributed by atoms with E-state index in [1.807, 2.05) is 6.92 Å². The summed E-state index contributed by atoms with van der Waals surface area (Å²) < 4.78 is 36.5. The van der Waals surface area contributed by atoms with Gasteiger partial charge in [-0.05, 0) is 12.1 Å². The predicted molar refractivity (Wildman–Crippen MR) is 101 cm³/mol. The molecule has 0 amide bonds. The van der Waals surface area contributed by atoms with Gasteiger partial charge in [-0.15, -0.1) is 0 Å². The SMILES string of the molecule is COCCCOc1cc2c(cc1F)C(NC1C(O)(O)C1(O)O)=CC(C1(C)COC1)O2. The Morgan fingerprint density at radius 3 is 2.43 bits per heavy atom. The summed E-state index contributed by atoms with van der Waals surface area (Å²) in [6, 6.07) is 1.16. The van der Waals surface area contributed by atoms with Crippen LogP contribution < -0.4 is 14.8 Å². The second kappa shape index (κ2) is 7.33. The number of fused-ring (bicyclic) bond motifs is 1. The highest BCUT2D eigenvalue weighted by Crippen LogP contribution is 2.47. The van der Waals surface area contributed by atoms with Crippen molar-refractivity contribution in [1.29, 1.82) is 0 Å². The Labute approximate surface area is 172 Å². The monoisotopic (exact) mass is 427 g/mol. The van der Waals surface area contributed by atoms with Crippen LogP contribution in [-0.2, 0) is 9.47 Å². The molecule has 2 fully saturated rings. The van der Waals surface area contributed by atoms with Crippen LogP contribution in [0.15, 0.2) is 18.2 Å². The molecule has 5 N–H and O–H groups in total. The molecule has 1 aromatic carbocycles. The van der Waals surface area contributed by atoms with Crippen molar-refractivity contribution >= 4 is 5.70 Å². The van der Waals surface area contributed by atoms with Crippen molar-refractivity contribution in [2.75, 3.05) is 33.5 Å². The molecule has 0 bridgehead atoms. The van der Waals surface area contributed by atoms with E-state index >= 15 is 0 Å². The summed E-state index contributed by atoms with van der Waals surface area (Å²) in [5, 5.41) is 41.6. The number of hydrogen-bond donors (Lipinski definition) is 5. The van der Waals surface area contributed by atoms with Crippen molar-refractivity contribution in [3.63, 3.8) is 0 Å². The number of methoxy groups -OCH3 is 1. The molecule has 1 atom stereocenters. The van der Waals surface area contributed by atoms with Gasteiger partial charge in [-0.2, -0.15) is 0 Å². The van der Waals surface area contributed by atoms with Gasteiger partial charge in [0.15, 0.2) is 11.6 Å². The van der Waals surface area contributed by atoms with Gasteiger partial charge in [0.1, 0.15) is 17.9 Å². The number of halogens is 1. The molecule has 2 heterocycles. The van der Waals surface area contributed by atoms with E-state index in [9.17, 15) is 24.8 Å². The van der Waals surface area contributed by atoms with Gasteiger partial charge in [-0.1, -0.05) is 6.92 Å². The first-order valence-electron chi connectivity index (χ1n) is 9.68. The topological polar surface area (TPSA) is 130 Å². The lowest BCUT2D eigenvalue weighted by molar-refractivity contribution is -0.207. The highest BCUT2D eigenvalue weighted by atomic mass is 19.1. The summed E-state index contributed by atoms with van der Waals surface area (Å²) in [5.74, 6) is -5.75. The molecule has 3 aliphatic rings. The van der Waals surface area contributed by atoms with Gasteiger partial charge >= 0.3 is 0 Å². The van der Waals surface area contributed by atoms with Crippen molar-refractivity contribution in [1.82, 2.24) is 5.32 Å². The first-order valence-corrected chi connectivity index (χ1v) is 9.68. The van der Waals surface area contributed by atoms with E-state index < -0.39 is 29.5 Å². The Morgan fingerprint density at radius 2 is 1.87 bits per heavy atom. The van der Waals surface area contributed by atoms with Gasteiger partial charge in [0.2, 0.25) is 11.6 Å². The van der Waals surface area contributed by atoms with Crippen molar-refractivity contribution in [2.45, 2.75) is 37.1 Å². The summed E-state index contributed by atoms with van der Waals surface area (Å²) in [4.78, 5) is 0. The minimum atomic E-state index is -2.73. The van der Waals surface area contributed by atoms with E-state index in [0.717, 1.165) is 0 Å². The summed E-state index contributed by atoms with van der Waals surface area (Å²) in [5.41, 5.74) is 0.254. The molecule has 1 saturated carbocycles. The molecular weight excluding hydrogens is 401 g/mol. The van der Waals surface area contributed by atoms with Crippen LogP contribution in [0.4, 0.5) is 4.39 Å². The second-order valence-corrected chi connectivity index (χ2v) is 8.27. The van der Waals surface area contributed by atoms with Crippen LogP contribution in [0, 0.1) is 11.2 Å². The van der Waals surface area contributed by atoms with Gasteiger partial charge in [0.25, 0.3) is 0 Å². The maximum atomic E-state index is 14.6. The minimum Gasteiger partial charge on any atom is -0.490 e. The summed E-state index contributed by atoms with van der Waals surface area (Å²) in [7, 11) is 1.57. The van der Waals surface area contributed by atoms with E-state index in [4.69, 9.17) is 18.9 Å². The molecule has 1 unspecified atom stereocenters. The molecule has 2 aliphatic heterocycles. The van der Waals surface area contributed by atoms with Crippen LogP contribution in [-0.4, -0.2) is 77.7 Å². The Kier molecular flexibility index (Phi) is 5.20. The Balaban J connectivity index is 1.62. The van der Waals surface area contributed by atoms with Crippen LogP contribution in [0.5, 0.6) is 11.5 Å². The standard InChI is InChI=1S/C20H26FNO8/c1-18(9-28-10-18)16-7-13(22-17-19(23,24)20(17,25)26)11-6-12(21)15(8-14(11)30-16)29-5-3-4-27-2/h6-8,16-17,22-26H,3-5,9-10H2,1-2H3. The molecule has 4 rings (SSSR count). The largest absolute Gasteiger partial charge is 0.490 e. The van der Waals surface area contributed by atoms with Crippen molar-refractivity contribution in [2.24, 2.45) is 5.41 Å². The molecular formula is C20H26FNO8. The third-order valence-electron chi connectivity index (χ3n) is 5.76. The zero-order valence-corrected chi connectivity index (χ0v) is 16.7. The molecule has 1 aliphatic carbocycles. The molecule has 0 spiro atoms. The van der Waals surface area contributed by atoms with E-state index in [0.29, 0.717) is 43.3 Å². The number of benzene rings is 1. The first-order chi connectivity index (χ1) is 14.1. The fourth-order valence-electron chi connectivity index (χ4n) is 3.58. The maximum Gasteiger partial charge on any atom is 0.247 e. The highest BCUT2D eigenvalue weighted by Gasteiger charge is 2.78. The maximum absolute atomic E-state index is 14.6. The van der Waals surface area contributed by atoms with Crippen LogP contribution >= 0.6 is 0 Å². The van der Waals surface area contributed by atoms with Crippen LogP contribution in [0.3, 0.4) is 0 Å². The Hall–Kier alpha value is -1.95. The summed E-state index contributed by atoms with van der Waals surface area (Å²) in [6.45, 7) is 3.62. The molecule has 9 nitrogen and oxygen atoms in total. The van der Waals surface area contributed by atoms with Gasteiger partial charge < -0.3 is 44.7 Å². The number of nitrogens with one attached hydrogen (secondary N) is 1. The second-order valence-electron chi connectivity index (χ2n) is 8.27.